The third-order valence-corrected chi connectivity index (χ3v) is 4.88. The van der Waals surface area contributed by atoms with E-state index in [0.29, 0.717) is 17.2 Å². The van der Waals surface area contributed by atoms with Crippen LogP contribution in [0.15, 0.2) is 47.4 Å². The Kier molecular flexibility index (Phi) is 4.24. The van der Waals surface area contributed by atoms with Gasteiger partial charge in [0.2, 0.25) is 5.91 Å². The zero-order valence-corrected chi connectivity index (χ0v) is 13.3. The van der Waals surface area contributed by atoms with Crippen LogP contribution in [0.5, 0.6) is 11.5 Å². The van der Waals surface area contributed by atoms with Gasteiger partial charge in [-0.15, -0.1) is 11.8 Å². The zero-order valence-electron chi connectivity index (χ0n) is 12.5. The number of carbonyl (C=O) groups is 1. The Bertz CT molecular complexity index is 655. The number of amides is 1. The number of anilines is 1. The fourth-order valence-electron chi connectivity index (χ4n) is 2.43. The lowest BCUT2D eigenvalue weighted by Crippen LogP contribution is -2.24. The lowest BCUT2D eigenvalue weighted by Gasteiger charge is -2.12. The molecule has 114 valence electrons. The number of methoxy groups -OCH3 is 2. The van der Waals surface area contributed by atoms with Crippen LogP contribution < -0.4 is 14.8 Å². The molecule has 1 aliphatic heterocycles. The van der Waals surface area contributed by atoms with Crippen LogP contribution in [0.1, 0.15) is 5.56 Å². The minimum absolute atomic E-state index is 0.00324. The lowest BCUT2D eigenvalue weighted by atomic mass is 10.1. The number of carbonyl (C=O) groups excluding carboxylic acids is 1. The van der Waals surface area contributed by atoms with Crippen molar-refractivity contribution in [1.29, 1.82) is 0 Å². The van der Waals surface area contributed by atoms with E-state index >= 15 is 0 Å². The number of rotatable bonds is 4. The van der Waals surface area contributed by atoms with Gasteiger partial charge in [-0.2, -0.15) is 0 Å². The molecule has 1 atom stereocenters. The third-order valence-electron chi connectivity index (χ3n) is 3.56. The highest BCUT2D eigenvalue weighted by Gasteiger charge is 2.28. The van der Waals surface area contributed by atoms with Gasteiger partial charge >= 0.3 is 0 Å². The van der Waals surface area contributed by atoms with E-state index in [1.54, 1.807) is 44.2 Å². The van der Waals surface area contributed by atoms with Crippen LogP contribution >= 0.6 is 11.8 Å². The first-order chi connectivity index (χ1) is 10.7. The minimum Gasteiger partial charge on any atom is -0.497 e. The molecule has 1 heterocycles. The van der Waals surface area contributed by atoms with Crippen LogP contribution in [-0.4, -0.2) is 25.4 Å². The molecule has 0 spiro atoms. The number of thioether (sulfide) groups is 1. The fraction of sp³-hybridized carbons (Fsp3) is 0.235. The van der Waals surface area contributed by atoms with Crippen molar-refractivity contribution in [2.75, 3.05) is 19.5 Å². The average Bonchev–Trinajstić information content (AvgIpc) is 2.98. The highest BCUT2D eigenvalue weighted by Crippen LogP contribution is 2.37. The number of hydrogen-bond acceptors (Lipinski definition) is 4. The second kappa shape index (κ2) is 6.32. The first-order valence-corrected chi connectivity index (χ1v) is 7.86. The zero-order chi connectivity index (χ0) is 15.5. The van der Waals surface area contributed by atoms with Crippen LogP contribution in [0.4, 0.5) is 5.69 Å². The summed E-state index contributed by atoms with van der Waals surface area (Å²) < 4.78 is 10.4. The van der Waals surface area contributed by atoms with Gasteiger partial charge in [0.1, 0.15) is 11.5 Å². The summed E-state index contributed by atoms with van der Waals surface area (Å²) in [4.78, 5) is 13.7. The first kappa shape index (κ1) is 14.8. The predicted octanol–water partition coefficient (Wildman–Crippen LogP) is 3.36. The van der Waals surface area contributed by atoms with E-state index in [-0.39, 0.29) is 11.2 Å². The predicted molar refractivity (Wildman–Crippen MR) is 88.0 cm³/mol. The molecule has 5 heteroatoms. The molecule has 0 saturated heterocycles. The smallest absolute Gasteiger partial charge is 0.238 e. The Hall–Kier alpha value is -2.14. The molecule has 0 radical (unpaired) electrons. The van der Waals surface area contributed by atoms with Crippen LogP contribution in [0.3, 0.4) is 0 Å². The van der Waals surface area contributed by atoms with E-state index in [4.69, 9.17) is 9.47 Å². The Balaban J connectivity index is 1.73. The largest absolute Gasteiger partial charge is 0.497 e. The van der Waals surface area contributed by atoms with Crippen LogP contribution in [0, 0.1) is 0 Å². The number of nitrogens with one attached hydrogen (secondary N) is 1. The van der Waals surface area contributed by atoms with Crippen LogP contribution in [0.25, 0.3) is 0 Å². The molecule has 1 aliphatic rings. The summed E-state index contributed by atoms with van der Waals surface area (Å²) in [5, 5.41) is 2.85. The topological polar surface area (TPSA) is 47.6 Å². The summed E-state index contributed by atoms with van der Waals surface area (Å²) in [6.45, 7) is 0. The summed E-state index contributed by atoms with van der Waals surface area (Å²) in [7, 11) is 3.17. The SMILES string of the molecule is COc1cc(NC(=O)C2Cc3ccccc3S2)cc(OC)c1. The van der Waals surface area contributed by atoms with E-state index in [9.17, 15) is 4.79 Å². The van der Waals surface area contributed by atoms with Crippen molar-refractivity contribution in [1.82, 2.24) is 0 Å². The van der Waals surface area contributed by atoms with Crippen molar-refractivity contribution in [2.45, 2.75) is 16.6 Å². The number of hydrogen-bond donors (Lipinski definition) is 1. The Labute approximate surface area is 133 Å². The number of ether oxygens (including phenoxy) is 2. The molecular weight excluding hydrogens is 298 g/mol. The summed E-state index contributed by atoms with van der Waals surface area (Å²) in [6, 6.07) is 13.5. The molecule has 0 fully saturated rings. The van der Waals surface area contributed by atoms with Gasteiger partial charge in [0, 0.05) is 28.8 Å². The highest BCUT2D eigenvalue weighted by atomic mass is 32.2. The maximum atomic E-state index is 12.5. The molecule has 0 aliphatic carbocycles. The van der Waals surface area contributed by atoms with Gasteiger partial charge in [-0.25, -0.2) is 0 Å². The fourth-order valence-corrected chi connectivity index (χ4v) is 3.63. The van der Waals surface area contributed by atoms with Gasteiger partial charge in [0.05, 0.1) is 19.5 Å². The van der Waals surface area contributed by atoms with Gasteiger partial charge in [0.25, 0.3) is 0 Å². The van der Waals surface area contributed by atoms with Crippen LogP contribution in [0.2, 0.25) is 0 Å². The minimum atomic E-state index is -0.102. The third kappa shape index (κ3) is 3.04. The van der Waals surface area contributed by atoms with Gasteiger partial charge in [0.15, 0.2) is 0 Å². The maximum Gasteiger partial charge on any atom is 0.238 e. The number of benzene rings is 2. The van der Waals surface area contributed by atoms with Crippen molar-refractivity contribution in [3.8, 4) is 11.5 Å². The van der Waals surface area contributed by atoms with E-state index in [2.05, 4.69) is 17.4 Å². The van der Waals surface area contributed by atoms with E-state index < -0.39 is 0 Å². The van der Waals surface area contributed by atoms with Crippen molar-refractivity contribution in [3.63, 3.8) is 0 Å². The van der Waals surface area contributed by atoms with Gasteiger partial charge in [-0.05, 0) is 18.1 Å². The van der Waals surface area contributed by atoms with Gasteiger partial charge in [-0.3, -0.25) is 4.79 Å². The monoisotopic (exact) mass is 315 g/mol. The summed E-state index contributed by atoms with van der Waals surface area (Å²) in [5.41, 5.74) is 1.91. The Morgan fingerprint density at radius 1 is 1.14 bits per heavy atom. The van der Waals surface area contributed by atoms with Crippen molar-refractivity contribution >= 4 is 23.4 Å². The lowest BCUT2D eigenvalue weighted by molar-refractivity contribution is -0.115. The van der Waals surface area contributed by atoms with Crippen molar-refractivity contribution in [3.05, 3.63) is 48.0 Å². The molecule has 0 aromatic heterocycles. The average molecular weight is 315 g/mol. The molecule has 3 rings (SSSR count). The molecule has 1 amide bonds. The number of fused-ring (bicyclic) bond motifs is 1. The first-order valence-electron chi connectivity index (χ1n) is 6.98. The van der Waals surface area contributed by atoms with Crippen LogP contribution in [-0.2, 0) is 11.2 Å². The maximum absolute atomic E-state index is 12.5. The van der Waals surface area contributed by atoms with E-state index in [1.165, 1.54) is 10.5 Å². The summed E-state index contributed by atoms with van der Waals surface area (Å²) in [5.74, 6) is 1.30. The summed E-state index contributed by atoms with van der Waals surface area (Å²) in [6.07, 6.45) is 0.758. The molecule has 4 nitrogen and oxygen atoms in total. The van der Waals surface area contributed by atoms with Gasteiger partial charge < -0.3 is 14.8 Å². The highest BCUT2D eigenvalue weighted by molar-refractivity contribution is 8.01. The standard InChI is InChI=1S/C17H17NO3S/c1-20-13-8-12(9-14(10-13)21-2)18-17(19)16-7-11-5-3-4-6-15(11)22-16/h3-6,8-10,16H,7H2,1-2H3,(H,18,19). The molecule has 0 bridgehead atoms. The molecule has 1 unspecified atom stereocenters. The molecule has 2 aromatic rings. The normalized spacial score (nSPS) is 16.0. The van der Waals surface area contributed by atoms with Crippen molar-refractivity contribution < 1.29 is 14.3 Å². The van der Waals surface area contributed by atoms with E-state index in [0.717, 1.165) is 6.42 Å². The Morgan fingerprint density at radius 3 is 2.45 bits per heavy atom. The van der Waals surface area contributed by atoms with Gasteiger partial charge in [-0.1, -0.05) is 18.2 Å². The van der Waals surface area contributed by atoms with E-state index in [1.807, 2.05) is 12.1 Å². The molecule has 1 N–H and O–H groups in total. The molecule has 2 aromatic carbocycles. The second-order valence-corrected chi connectivity index (χ2v) is 6.25. The molecular formula is C17H17NO3S. The quantitative estimate of drug-likeness (QED) is 0.940. The molecule has 22 heavy (non-hydrogen) atoms. The summed E-state index contributed by atoms with van der Waals surface area (Å²) >= 11 is 1.61. The second-order valence-electron chi connectivity index (χ2n) is 5.01. The van der Waals surface area contributed by atoms with Crippen molar-refractivity contribution in [2.24, 2.45) is 0 Å². The Morgan fingerprint density at radius 2 is 1.82 bits per heavy atom. The molecule has 0 saturated carbocycles.